The zero-order chi connectivity index (χ0) is 12.5. The van der Waals surface area contributed by atoms with Gasteiger partial charge in [-0.1, -0.05) is 6.42 Å². The van der Waals surface area contributed by atoms with Gasteiger partial charge in [0.2, 0.25) is 0 Å². The van der Waals surface area contributed by atoms with E-state index in [-0.39, 0.29) is 11.9 Å². The highest BCUT2D eigenvalue weighted by Crippen LogP contribution is 2.49. The van der Waals surface area contributed by atoms with Crippen LogP contribution in [0.5, 0.6) is 0 Å². The fourth-order valence-electron chi connectivity index (χ4n) is 3.80. The first-order valence-corrected chi connectivity index (χ1v) is 6.95. The molecule has 3 rings (SSSR count). The largest absolute Gasteiger partial charge is 0.349 e. The molecular formula is C15H20N2O. The number of nitrogens with zero attached hydrogens (tertiary/aromatic N) is 1. The van der Waals surface area contributed by atoms with E-state index in [1.165, 1.54) is 25.7 Å². The number of hydrogen-bond donors (Lipinski definition) is 1. The van der Waals surface area contributed by atoms with Crippen LogP contribution in [0.15, 0.2) is 24.5 Å². The SMILES string of the molecule is C[C@H](NC(=O)c1cccnc1)[C@H]1C[C@@H]2CC[C@@H]1C2. The van der Waals surface area contributed by atoms with E-state index in [1.54, 1.807) is 18.5 Å². The molecule has 1 heterocycles. The van der Waals surface area contributed by atoms with Crippen molar-refractivity contribution < 1.29 is 4.79 Å². The molecular weight excluding hydrogens is 224 g/mol. The van der Waals surface area contributed by atoms with Crippen LogP contribution >= 0.6 is 0 Å². The van der Waals surface area contributed by atoms with Gasteiger partial charge < -0.3 is 5.32 Å². The highest BCUT2D eigenvalue weighted by Gasteiger charge is 2.42. The molecule has 0 unspecified atom stereocenters. The first-order valence-electron chi connectivity index (χ1n) is 6.95. The second-order valence-electron chi connectivity index (χ2n) is 5.84. The summed E-state index contributed by atoms with van der Waals surface area (Å²) in [6.07, 6.45) is 8.78. The molecule has 3 heteroatoms. The minimum absolute atomic E-state index is 0.0124. The highest BCUT2D eigenvalue weighted by molar-refractivity contribution is 5.93. The van der Waals surface area contributed by atoms with Gasteiger partial charge in [0.25, 0.3) is 5.91 Å². The van der Waals surface area contributed by atoms with E-state index < -0.39 is 0 Å². The van der Waals surface area contributed by atoms with Crippen molar-refractivity contribution in [3.63, 3.8) is 0 Å². The molecule has 3 nitrogen and oxygen atoms in total. The van der Waals surface area contributed by atoms with Gasteiger partial charge in [-0.2, -0.15) is 0 Å². The minimum atomic E-state index is 0.0124. The lowest BCUT2D eigenvalue weighted by molar-refractivity contribution is 0.0915. The van der Waals surface area contributed by atoms with E-state index in [0.717, 1.165) is 11.8 Å². The predicted molar refractivity (Wildman–Crippen MR) is 70.1 cm³/mol. The van der Waals surface area contributed by atoms with Crippen molar-refractivity contribution in [1.82, 2.24) is 10.3 Å². The Hall–Kier alpha value is -1.38. The van der Waals surface area contributed by atoms with Crippen LogP contribution in [-0.4, -0.2) is 16.9 Å². The summed E-state index contributed by atoms with van der Waals surface area (Å²) in [7, 11) is 0. The Morgan fingerprint density at radius 1 is 1.44 bits per heavy atom. The maximum absolute atomic E-state index is 12.1. The molecule has 1 aromatic heterocycles. The van der Waals surface area contributed by atoms with Crippen LogP contribution in [0.25, 0.3) is 0 Å². The number of pyridine rings is 1. The van der Waals surface area contributed by atoms with Gasteiger partial charge in [-0.25, -0.2) is 0 Å². The number of fused-ring (bicyclic) bond motifs is 2. The van der Waals surface area contributed by atoms with Crippen molar-refractivity contribution in [2.24, 2.45) is 17.8 Å². The molecule has 1 amide bonds. The number of rotatable bonds is 3. The number of carbonyl (C=O) groups excluding carboxylic acids is 1. The molecule has 0 saturated heterocycles. The summed E-state index contributed by atoms with van der Waals surface area (Å²) in [6, 6.07) is 3.90. The van der Waals surface area contributed by atoms with Gasteiger partial charge in [-0.15, -0.1) is 0 Å². The van der Waals surface area contributed by atoms with Crippen LogP contribution in [0.4, 0.5) is 0 Å². The second-order valence-corrected chi connectivity index (χ2v) is 5.84. The molecule has 0 aromatic carbocycles. The monoisotopic (exact) mass is 244 g/mol. The average molecular weight is 244 g/mol. The number of hydrogen-bond acceptors (Lipinski definition) is 2. The van der Waals surface area contributed by atoms with E-state index in [4.69, 9.17) is 0 Å². The van der Waals surface area contributed by atoms with E-state index >= 15 is 0 Å². The lowest BCUT2D eigenvalue weighted by Gasteiger charge is -2.28. The average Bonchev–Trinajstić information content (AvgIpc) is 3.02. The maximum atomic E-state index is 12.1. The van der Waals surface area contributed by atoms with Crippen molar-refractivity contribution in [3.05, 3.63) is 30.1 Å². The minimum Gasteiger partial charge on any atom is -0.349 e. The van der Waals surface area contributed by atoms with Gasteiger partial charge >= 0.3 is 0 Å². The first-order chi connectivity index (χ1) is 8.74. The molecule has 2 saturated carbocycles. The van der Waals surface area contributed by atoms with Crippen LogP contribution in [0.3, 0.4) is 0 Å². The van der Waals surface area contributed by atoms with Crippen molar-refractivity contribution in [2.45, 2.75) is 38.6 Å². The third-order valence-corrected chi connectivity index (χ3v) is 4.72. The third-order valence-electron chi connectivity index (χ3n) is 4.72. The number of aromatic nitrogens is 1. The zero-order valence-electron chi connectivity index (χ0n) is 10.8. The van der Waals surface area contributed by atoms with E-state index in [2.05, 4.69) is 17.2 Å². The second kappa shape index (κ2) is 4.71. The predicted octanol–water partition coefficient (Wildman–Crippen LogP) is 2.64. The molecule has 2 bridgehead atoms. The Morgan fingerprint density at radius 3 is 2.94 bits per heavy atom. The summed E-state index contributed by atoms with van der Waals surface area (Å²) in [6.45, 7) is 2.15. The summed E-state index contributed by atoms with van der Waals surface area (Å²) in [4.78, 5) is 16.1. The molecule has 0 aliphatic heterocycles. The molecule has 1 N–H and O–H groups in total. The molecule has 96 valence electrons. The Labute approximate surface area is 108 Å². The highest BCUT2D eigenvalue weighted by atomic mass is 16.1. The van der Waals surface area contributed by atoms with Crippen LogP contribution in [0.1, 0.15) is 43.0 Å². The summed E-state index contributed by atoms with van der Waals surface area (Å²) < 4.78 is 0. The fourth-order valence-corrected chi connectivity index (χ4v) is 3.80. The molecule has 0 radical (unpaired) electrons. The van der Waals surface area contributed by atoms with E-state index in [1.807, 2.05) is 6.07 Å². The van der Waals surface area contributed by atoms with Crippen molar-refractivity contribution in [1.29, 1.82) is 0 Å². The Balaban J connectivity index is 1.61. The van der Waals surface area contributed by atoms with Crippen molar-refractivity contribution in [2.75, 3.05) is 0 Å². The molecule has 2 aliphatic carbocycles. The smallest absolute Gasteiger partial charge is 0.253 e. The third kappa shape index (κ3) is 2.14. The molecule has 4 atom stereocenters. The zero-order valence-corrected chi connectivity index (χ0v) is 10.8. The van der Waals surface area contributed by atoms with Crippen molar-refractivity contribution >= 4 is 5.91 Å². The van der Waals surface area contributed by atoms with E-state index in [9.17, 15) is 4.79 Å². The van der Waals surface area contributed by atoms with Crippen LogP contribution in [-0.2, 0) is 0 Å². The van der Waals surface area contributed by atoms with E-state index in [0.29, 0.717) is 11.5 Å². The number of amides is 1. The number of nitrogens with one attached hydrogen (secondary N) is 1. The summed E-state index contributed by atoms with van der Waals surface area (Å²) in [5, 5.41) is 3.14. The Kier molecular flexibility index (Phi) is 3.06. The standard InChI is InChI=1S/C15H20N2O/c1-10(14-8-11-4-5-12(14)7-11)17-15(18)13-3-2-6-16-9-13/h2-3,6,9-12,14H,4-5,7-8H2,1H3,(H,17,18)/t10-,11+,12+,14+/m0/s1. The summed E-state index contributed by atoms with van der Waals surface area (Å²) >= 11 is 0. The quantitative estimate of drug-likeness (QED) is 0.888. The number of carbonyl (C=O) groups is 1. The summed E-state index contributed by atoms with van der Waals surface area (Å²) in [5.74, 6) is 2.47. The maximum Gasteiger partial charge on any atom is 0.253 e. The lowest BCUT2D eigenvalue weighted by Crippen LogP contribution is -2.40. The van der Waals surface area contributed by atoms with Crippen LogP contribution in [0, 0.1) is 17.8 Å². The van der Waals surface area contributed by atoms with Gasteiger partial charge in [0, 0.05) is 18.4 Å². The fraction of sp³-hybridized carbons (Fsp3) is 0.600. The van der Waals surface area contributed by atoms with Gasteiger partial charge in [-0.05, 0) is 56.1 Å². The Bertz CT molecular complexity index is 431. The molecule has 1 aromatic rings. The van der Waals surface area contributed by atoms with Gasteiger partial charge in [0.15, 0.2) is 0 Å². The molecule has 18 heavy (non-hydrogen) atoms. The van der Waals surface area contributed by atoms with Crippen molar-refractivity contribution in [3.8, 4) is 0 Å². The lowest BCUT2D eigenvalue weighted by atomic mass is 9.84. The van der Waals surface area contributed by atoms with Gasteiger partial charge in [-0.3, -0.25) is 9.78 Å². The molecule has 0 spiro atoms. The van der Waals surface area contributed by atoms with Gasteiger partial charge in [0.1, 0.15) is 0 Å². The Morgan fingerprint density at radius 2 is 2.33 bits per heavy atom. The molecule has 2 fully saturated rings. The summed E-state index contributed by atoms with van der Waals surface area (Å²) in [5.41, 5.74) is 0.660. The normalized spacial score (nSPS) is 31.3. The van der Waals surface area contributed by atoms with Gasteiger partial charge in [0.05, 0.1) is 5.56 Å². The molecule has 2 aliphatic rings. The first kappa shape index (κ1) is 11.7. The topological polar surface area (TPSA) is 42.0 Å². The van der Waals surface area contributed by atoms with Crippen LogP contribution < -0.4 is 5.32 Å². The van der Waals surface area contributed by atoms with Crippen LogP contribution in [0.2, 0.25) is 0 Å².